The van der Waals surface area contributed by atoms with E-state index in [0.717, 1.165) is 10.0 Å². The van der Waals surface area contributed by atoms with Gasteiger partial charge >= 0.3 is 0 Å². The van der Waals surface area contributed by atoms with Crippen LogP contribution >= 0.6 is 31.9 Å². The van der Waals surface area contributed by atoms with E-state index in [2.05, 4.69) is 31.9 Å². The smallest absolute Gasteiger partial charge is 0.266 e. The molecule has 0 bridgehead atoms. The second-order valence-electron chi connectivity index (χ2n) is 4.54. The van der Waals surface area contributed by atoms with Crippen molar-refractivity contribution in [1.82, 2.24) is 0 Å². The molecule has 0 spiro atoms. The van der Waals surface area contributed by atoms with E-state index in [1.807, 2.05) is 13.0 Å². The van der Waals surface area contributed by atoms with Gasteiger partial charge in [0.1, 0.15) is 0 Å². The predicted octanol–water partition coefficient (Wildman–Crippen LogP) is 4.32. The van der Waals surface area contributed by atoms with Gasteiger partial charge in [0.2, 0.25) is 0 Å². The van der Waals surface area contributed by atoms with E-state index in [0.29, 0.717) is 21.3 Å². The number of aryl methyl sites for hydroxylation is 1. The maximum Gasteiger partial charge on any atom is 0.266 e. The van der Waals surface area contributed by atoms with Gasteiger partial charge in [-0.1, -0.05) is 28.1 Å². The van der Waals surface area contributed by atoms with Crippen molar-refractivity contribution in [1.29, 1.82) is 0 Å². The van der Waals surface area contributed by atoms with Crippen molar-refractivity contribution in [2.75, 3.05) is 4.90 Å². The summed E-state index contributed by atoms with van der Waals surface area (Å²) < 4.78 is 1.57. The second kappa shape index (κ2) is 4.82. The minimum atomic E-state index is -0.290. The van der Waals surface area contributed by atoms with Gasteiger partial charge in [-0.2, -0.15) is 0 Å². The highest BCUT2D eigenvalue weighted by Gasteiger charge is 2.37. The largest absolute Gasteiger partial charge is 0.268 e. The Kier molecular flexibility index (Phi) is 3.26. The number of carbonyl (C=O) groups excluding carboxylic acids is 2. The van der Waals surface area contributed by atoms with Gasteiger partial charge in [0.05, 0.1) is 16.8 Å². The lowest BCUT2D eigenvalue weighted by Crippen LogP contribution is -2.29. The molecule has 2 amide bonds. The summed E-state index contributed by atoms with van der Waals surface area (Å²) >= 11 is 6.86. The third-order valence-corrected chi connectivity index (χ3v) is 4.75. The molecule has 1 aliphatic heterocycles. The average molecular weight is 395 g/mol. The second-order valence-corrected chi connectivity index (χ2v) is 6.25. The number of imide groups is 1. The van der Waals surface area contributed by atoms with Crippen LogP contribution in [0.15, 0.2) is 45.3 Å². The number of anilines is 1. The van der Waals surface area contributed by atoms with E-state index in [9.17, 15) is 9.59 Å². The van der Waals surface area contributed by atoms with Crippen molar-refractivity contribution < 1.29 is 9.59 Å². The van der Waals surface area contributed by atoms with Crippen LogP contribution < -0.4 is 4.90 Å². The predicted molar refractivity (Wildman–Crippen MR) is 84.2 cm³/mol. The molecule has 3 nitrogen and oxygen atoms in total. The Morgan fingerprint density at radius 2 is 1.45 bits per heavy atom. The van der Waals surface area contributed by atoms with E-state index in [-0.39, 0.29) is 11.8 Å². The molecule has 2 aromatic carbocycles. The van der Waals surface area contributed by atoms with Crippen LogP contribution in [0.2, 0.25) is 0 Å². The van der Waals surface area contributed by atoms with Crippen LogP contribution in [-0.4, -0.2) is 11.8 Å². The van der Waals surface area contributed by atoms with Crippen LogP contribution in [0, 0.1) is 6.92 Å². The van der Waals surface area contributed by atoms with Gasteiger partial charge in [-0.3, -0.25) is 9.59 Å². The van der Waals surface area contributed by atoms with Crippen molar-refractivity contribution >= 4 is 49.4 Å². The zero-order valence-corrected chi connectivity index (χ0v) is 13.7. The lowest BCUT2D eigenvalue weighted by Gasteiger charge is -2.17. The Bertz CT molecular complexity index is 721. The maximum absolute atomic E-state index is 12.4. The number of hydrogen-bond acceptors (Lipinski definition) is 2. The Labute approximate surface area is 132 Å². The van der Waals surface area contributed by atoms with Gasteiger partial charge in [-0.15, -0.1) is 0 Å². The van der Waals surface area contributed by atoms with Gasteiger partial charge in [-0.05, 0) is 52.7 Å². The van der Waals surface area contributed by atoms with Crippen molar-refractivity contribution in [3.63, 3.8) is 0 Å². The minimum absolute atomic E-state index is 0.290. The highest BCUT2D eigenvalue weighted by molar-refractivity contribution is 9.11. The van der Waals surface area contributed by atoms with Gasteiger partial charge in [0.25, 0.3) is 11.8 Å². The summed E-state index contributed by atoms with van der Waals surface area (Å²) in [5.41, 5.74) is 2.47. The number of halogens is 2. The number of rotatable bonds is 1. The summed E-state index contributed by atoms with van der Waals surface area (Å²) in [5.74, 6) is -0.580. The first-order valence-corrected chi connectivity index (χ1v) is 7.53. The molecule has 3 rings (SSSR count). The van der Waals surface area contributed by atoms with Crippen molar-refractivity contribution in [3.8, 4) is 0 Å². The molecule has 0 N–H and O–H groups in total. The summed E-state index contributed by atoms with van der Waals surface area (Å²) in [6.07, 6.45) is 0. The first kappa shape index (κ1) is 13.5. The van der Waals surface area contributed by atoms with Crippen LogP contribution in [0.25, 0.3) is 0 Å². The molecule has 1 heterocycles. The molecule has 20 heavy (non-hydrogen) atoms. The van der Waals surface area contributed by atoms with E-state index in [1.54, 1.807) is 30.3 Å². The molecule has 0 aliphatic carbocycles. The third-order valence-electron chi connectivity index (χ3n) is 3.26. The molecule has 0 atom stereocenters. The molecule has 0 radical (unpaired) electrons. The van der Waals surface area contributed by atoms with Crippen LogP contribution in [0.5, 0.6) is 0 Å². The molecule has 2 aromatic rings. The molecule has 0 unspecified atom stereocenters. The van der Waals surface area contributed by atoms with Crippen molar-refractivity contribution in [3.05, 3.63) is 62.0 Å². The highest BCUT2D eigenvalue weighted by atomic mass is 79.9. The molecule has 5 heteroatoms. The van der Waals surface area contributed by atoms with E-state index in [1.165, 1.54) is 4.90 Å². The fourth-order valence-electron chi connectivity index (χ4n) is 2.22. The quantitative estimate of drug-likeness (QED) is 0.675. The van der Waals surface area contributed by atoms with Crippen LogP contribution in [-0.2, 0) is 0 Å². The molecule has 0 fully saturated rings. The average Bonchev–Trinajstić information content (AvgIpc) is 2.68. The summed E-state index contributed by atoms with van der Waals surface area (Å²) in [6, 6.07) is 10.5. The monoisotopic (exact) mass is 393 g/mol. The highest BCUT2D eigenvalue weighted by Crippen LogP contribution is 2.36. The fraction of sp³-hybridized carbons (Fsp3) is 0.0667. The zero-order chi connectivity index (χ0) is 14.4. The fourth-order valence-corrected chi connectivity index (χ4v) is 3.18. The lowest BCUT2D eigenvalue weighted by atomic mass is 10.1. The van der Waals surface area contributed by atoms with Gasteiger partial charge in [-0.25, -0.2) is 4.90 Å². The minimum Gasteiger partial charge on any atom is -0.268 e. The van der Waals surface area contributed by atoms with Crippen LogP contribution in [0.1, 0.15) is 26.3 Å². The number of benzene rings is 2. The number of carbonyl (C=O) groups is 2. The van der Waals surface area contributed by atoms with E-state index < -0.39 is 0 Å². The molecule has 0 saturated heterocycles. The Hall–Kier alpha value is -1.46. The number of fused-ring (bicyclic) bond motifs is 1. The Balaban J connectivity index is 2.17. The molecular formula is C15H9Br2NO2. The van der Waals surface area contributed by atoms with Gasteiger partial charge in [0.15, 0.2) is 0 Å². The number of amides is 2. The van der Waals surface area contributed by atoms with Gasteiger partial charge in [0, 0.05) is 8.95 Å². The molecular weight excluding hydrogens is 386 g/mol. The Morgan fingerprint density at radius 3 is 2.00 bits per heavy atom. The third kappa shape index (κ3) is 1.93. The van der Waals surface area contributed by atoms with Crippen molar-refractivity contribution in [2.24, 2.45) is 0 Å². The number of nitrogens with zero attached hydrogens (tertiary/aromatic N) is 1. The van der Waals surface area contributed by atoms with E-state index in [4.69, 9.17) is 0 Å². The topological polar surface area (TPSA) is 37.4 Å². The summed E-state index contributed by atoms with van der Waals surface area (Å²) in [5, 5.41) is 0. The molecule has 100 valence electrons. The summed E-state index contributed by atoms with van der Waals surface area (Å²) in [6.45, 7) is 1.95. The number of hydrogen-bond donors (Lipinski definition) is 0. The SMILES string of the molecule is Cc1cc(Br)c(N2C(=O)c3ccccc3C2=O)cc1Br. The van der Waals surface area contributed by atoms with Crippen molar-refractivity contribution in [2.45, 2.75) is 6.92 Å². The first-order chi connectivity index (χ1) is 9.50. The van der Waals surface area contributed by atoms with Gasteiger partial charge < -0.3 is 0 Å². The molecule has 1 aliphatic rings. The first-order valence-electron chi connectivity index (χ1n) is 5.94. The summed E-state index contributed by atoms with van der Waals surface area (Å²) in [4.78, 5) is 26.1. The van der Waals surface area contributed by atoms with E-state index >= 15 is 0 Å². The standard InChI is InChI=1S/C15H9Br2NO2/c1-8-6-12(17)13(7-11(8)16)18-14(19)9-4-2-3-5-10(9)15(18)20/h2-7H,1H3. The van der Waals surface area contributed by atoms with Crippen LogP contribution in [0.3, 0.4) is 0 Å². The zero-order valence-electron chi connectivity index (χ0n) is 10.5. The Morgan fingerprint density at radius 1 is 0.900 bits per heavy atom. The molecule has 0 saturated carbocycles. The summed E-state index contributed by atoms with van der Waals surface area (Å²) in [7, 11) is 0. The maximum atomic E-state index is 12.4. The van der Waals surface area contributed by atoms with Crippen LogP contribution in [0.4, 0.5) is 5.69 Å². The lowest BCUT2D eigenvalue weighted by molar-refractivity contribution is 0.0926. The normalized spacial score (nSPS) is 13.8. The molecule has 0 aromatic heterocycles.